The van der Waals surface area contributed by atoms with Crippen LogP contribution in [-0.2, 0) is 6.54 Å². The molecule has 0 fully saturated rings. The number of aryl methyl sites for hydroxylation is 2. The van der Waals surface area contributed by atoms with Gasteiger partial charge in [-0.15, -0.1) is 0 Å². The molecule has 1 aliphatic heterocycles. The first-order valence-electron chi connectivity index (χ1n) is 10.2. The van der Waals surface area contributed by atoms with E-state index in [2.05, 4.69) is 0 Å². The molecule has 4 aromatic rings. The maximum atomic E-state index is 13.7. The van der Waals surface area contributed by atoms with Crippen molar-refractivity contribution in [3.63, 3.8) is 0 Å². The molecule has 0 bridgehead atoms. The second kappa shape index (κ2) is 7.61. The number of benzene rings is 3. The fourth-order valence-electron chi connectivity index (χ4n) is 4.49. The van der Waals surface area contributed by atoms with Crippen LogP contribution >= 0.6 is 11.6 Å². The van der Waals surface area contributed by atoms with Gasteiger partial charge in [0.25, 0.3) is 5.91 Å². The van der Waals surface area contributed by atoms with Crippen molar-refractivity contribution in [3.05, 3.63) is 115 Å². The summed E-state index contributed by atoms with van der Waals surface area (Å²) in [5, 5.41) is 0.972. The van der Waals surface area contributed by atoms with Crippen LogP contribution in [0.2, 0.25) is 5.02 Å². The Morgan fingerprint density at radius 1 is 1.03 bits per heavy atom. The Balaban J connectivity index is 1.75. The average Bonchev–Trinajstić information content (AvgIpc) is 3.01. The smallest absolute Gasteiger partial charge is 0.291 e. The van der Waals surface area contributed by atoms with E-state index in [0.717, 1.165) is 16.7 Å². The highest BCUT2D eigenvalue weighted by molar-refractivity contribution is 6.30. The molecule has 0 radical (unpaired) electrons. The van der Waals surface area contributed by atoms with Crippen molar-refractivity contribution in [2.24, 2.45) is 0 Å². The summed E-state index contributed by atoms with van der Waals surface area (Å²) in [6.45, 7) is 3.96. The Morgan fingerprint density at radius 3 is 2.50 bits per heavy atom. The van der Waals surface area contributed by atoms with Gasteiger partial charge in [0, 0.05) is 11.6 Å². The maximum absolute atomic E-state index is 13.7. The predicted octanol–water partition coefficient (Wildman–Crippen LogP) is 5.95. The molecule has 5 rings (SSSR count). The molecule has 1 aromatic heterocycles. The zero-order chi connectivity index (χ0) is 22.6. The van der Waals surface area contributed by atoms with E-state index < -0.39 is 6.04 Å². The van der Waals surface area contributed by atoms with Crippen LogP contribution in [0.1, 0.15) is 44.4 Å². The van der Waals surface area contributed by atoms with E-state index in [9.17, 15) is 14.0 Å². The van der Waals surface area contributed by atoms with Crippen molar-refractivity contribution in [2.45, 2.75) is 26.4 Å². The van der Waals surface area contributed by atoms with Crippen LogP contribution in [0.3, 0.4) is 0 Å². The molecule has 1 unspecified atom stereocenters. The van der Waals surface area contributed by atoms with E-state index in [1.165, 1.54) is 12.1 Å². The molecular formula is C26H19ClFNO3. The highest BCUT2D eigenvalue weighted by Gasteiger charge is 2.43. The van der Waals surface area contributed by atoms with Gasteiger partial charge in [-0.2, -0.15) is 0 Å². The number of carbonyl (C=O) groups excluding carboxylic acids is 1. The van der Waals surface area contributed by atoms with E-state index in [1.807, 2.05) is 26.0 Å². The molecule has 32 heavy (non-hydrogen) atoms. The molecule has 0 N–H and O–H groups in total. The molecule has 4 nitrogen and oxygen atoms in total. The van der Waals surface area contributed by atoms with Crippen LogP contribution in [0.15, 0.2) is 69.9 Å². The molecule has 1 amide bonds. The number of hydrogen-bond acceptors (Lipinski definition) is 3. The molecule has 1 atom stereocenters. The third-order valence-corrected chi connectivity index (χ3v) is 6.08. The Hall–Kier alpha value is -3.44. The second-order valence-corrected chi connectivity index (χ2v) is 8.58. The lowest BCUT2D eigenvalue weighted by Crippen LogP contribution is -2.29. The standard InChI is InChI=1S/C26H19ClFNO3/c1-14-10-15(2)21-20(11-14)32-25-22(24(21)30)23(17-4-3-5-18(27)12-17)29(26(25)31)13-16-6-8-19(28)9-7-16/h3-12,23H,13H2,1-2H3. The van der Waals surface area contributed by atoms with E-state index in [1.54, 1.807) is 41.3 Å². The quantitative estimate of drug-likeness (QED) is 0.390. The zero-order valence-corrected chi connectivity index (χ0v) is 18.2. The van der Waals surface area contributed by atoms with Gasteiger partial charge in [-0.3, -0.25) is 9.59 Å². The minimum absolute atomic E-state index is 0.0413. The van der Waals surface area contributed by atoms with Crippen LogP contribution in [0.4, 0.5) is 4.39 Å². The van der Waals surface area contributed by atoms with Crippen molar-refractivity contribution in [1.82, 2.24) is 4.90 Å². The van der Waals surface area contributed by atoms with E-state index in [0.29, 0.717) is 27.1 Å². The molecule has 6 heteroatoms. The fourth-order valence-corrected chi connectivity index (χ4v) is 4.69. The van der Waals surface area contributed by atoms with Crippen molar-refractivity contribution in [3.8, 4) is 0 Å². The van der Waals surface area contributed by atoms with Crippen LogP contribution in [0.5, 0.6) is 0 Å². The van der Waals surface area contributed by atoms with E-state index in [-0.39, 0.29) is 29.5 Å². The number of nitrogens with zero attached hydrogens (tertiary/aromatic N) is 1. The highest BCUT2D eigenvalue weighted by atomic mass is 35.5. The molecule has 3 aromatic carbocycles. The molecule has 0 aliphatic carbocycles. The second-order valence-electron chi connectivity index (χ2n) is 8.15. The van der Waals surface area contributed by atoms with Crippen molar-refractivity contribution >= 4 is 28.5 Å². The molecule has 1 aliphatic rings. The lowest BCUT2D eigenvalue weighted by molar-refractivity contribution is 0.0714. The van der Waals surface area contributed by atoms with Crippen molar-refractivity contribution in [2.75, 3.05) is 0 Å². The minimum atomic E-state index is -0.664. The summed E-state index contributed by atoms with van der Waals surface area (Å²) in [6, 6.07) is 16.1. The Labute approximate surface area is 188 Å². The van der Waals surface area contributed by atoms with E-state index in [4.69, 9.17) is 16.0 Å². The average molecular weight is 448 g/mol. The van der Waals surface area contributed by atoms with Gasteiger partial charge in [0.15, 0.2) is 5.43 Å². The van der Waals surface area contributed by atoms with Crippen LogP contribution in [0.25, 0.3) is 11.0 Å². The van der Waals surface area contributed by atoms with E-state index >= 15 is 0 Å². The lowest BCUT2D eigenvalue weighted by atomic mass is 9.96. The first-order valence-corrected chi connectivity index (χ1v) is 10.6. The number of rotatable bonds is 3. The van der Waals surface area contributed by atoms with Gasteiger partial charge in [-0.25, -0.2) is 4.39 Å². The zero-order valence-electron chi connectivity index (χ0n) is 17.5. The van der Waals surface area contributed by atoms with Gasteiger partial charge in [0.05, 0.1) is 17.0 Å². The molecular weight excluding hydrogens is 429 g/mol. The molecule has 160 valence electrons. The first kappa shape index (κ1) is 20.5. The number of hydrogen-bond donors (Lipinski definition) is 0. The molecule has 0 saturated carbocycles. The van der Waals surface area contributed by atoms with Crippen LogP contribution < -0.4 is 5.43 Å². The predicted molar refractivity (Wildman–Crippen MR) is 122 cm³/mol. The Kier molecular flexibility index (Phi) is 4.86. The summed E-state index contributed by atoms with van der Waals surface area (Å²) in [6.07, 6.45) is 0. The monoisotopic (exact) mass is 447 g/mol. The molecule has 0 spiro atoms. The summed E-state index contributed by atoms with van der Waals surface area (Å²) in [5.41, 5.74) is 3.67. The van der Waals surface area contributed by atoms with Crippen LogP contribution in [0, 0.1) is 19.7 Å². The number of halogens is 2. The van der Waals surface area contributed by atoms with Gasteiger partial charge in [0.1, 0.15) is 11.4 Å². The summed E-state index contributed by atoms with van der Waals surface area (Å²) in [4.78, 5) is 28.8. The van der Waals surface area contributed by atoms with Gasteiger partial charge in [-0.1, -0.05) is 41.9 Å². The summed E-state index contributed by atoms with van der Waals surface area (Å²) in [7, 11) is 0. The van der Waals surface area contributed by atoms with Gasteiger partial charge >= 0.3 is 0 Å². The maximum Gasteiger partial charge on any atom is 0.291 e. The number of amides is 1. The normalized spacial score (nSPS) is 15.4. The first-order chi connectivity index (χ1) is 15.3. The third kappa shape index (κ3) is 3.30. The number of carbonyl (C=O) groups is 1. The van der Waals surface area contributed by atoms with Gasteiger partial charge in [0.2, 0.25) is 5.76 Å². The van der Waals surface area contributed by atoms with Gasteiger partial charge < -0.3 is 9.32 Å². The molecule has 0 saturated heterocycles. The Bertz CT molecular complexity index is 1440. The fraction of sp³-hybridized carbons (Fsp3) is 0.154. The third-order valence-electron chi connectivity index (χ3n) is 5.84. The largest absolute Gasteiger partial charge is 0.450 e. The Morgan fingerprint density at radius 2 is 1.78 bits per heavy atom. The SMILES string of the molecule is Cc1cc(C)c2c(=O)c3c(oc2c1)C(=O)N(Cc1ccc(F)cc1)C3c1cccc(Cl)c1. The highest BCUT2D eigenvalue weighted by Crippen LogP contribution is 2.40. The van der Waals surface area contributed by atoms with Gasteiger partial charge in [-0.05, 0) is 66.4 Å². The summed E-state index contributed by atoms with van der Waals surface area (Å²) >= 11 is 6.24. The summed E-state index contributed by atoms with van der Waals surface area (Å²) in [5.74, 6) is -0.697. The topological polar surface area (TPSA) is 50.5 Å². The lowest BCUT2D eigenvalue weighted by Gasteiger charge is -2.25. The van der Waals surface area contributed by atoms with Crippen molar-refractivity contribution < 1.29 is 13.6 Å². The molecule has 2 heterocycles. The summed E-state index contributed by atoms with van der Waals surface area (Å²) < 4.78 is 19.5. The van der Waals surface area contributed by atoms with Crippen molar-refractivity contribution in [1.29, 1.82) is 0 Å². The van der Waals surface area contributed by atoms with Crippen LogP contribution in [-0.4, -0.2) is 10.8 Å². The minimum Gasteiger partial charge on any atom is -0.450 e. The number of fused-ring (bicyclic) bond motifs is 2.